The largest absolute Gasteiger partial charge is 0.376 e. The summed E-state index contributed by atoms with van der Waals surface area (Å²) in [6.45, 7) is 2.11. The maximum atomic E-state index is 4.69. The first-order valence-corrected chi connectivity index (χ1v) is 7.01. The van der Waals surface area contributed by atoms with Crippen LogP contribution in [0.4, 0.5) is 5.69 Å². The number of aromatic nitrogens is 2. The van der Waals surface area contributed by atoms with Crippen molar-refractivity contribution in [1.29, 1.82) is 0 Å². The van der Waals surface area contributed by atoms with Gasteiger partial charge in [-0.3, -0.25) is 0 Å². The molecule has 18 heavy (non-hydrogen) atoms. The Morgan fingerprint density at radius 1 is 1.44 bits per heavy atom. The number of nitrogens with one attached hydrogen (secondary N) is 1. The molecule has 0 saturated carbocycles. The molecule has 1 atom stereocenters. The van der Waals surface area contributed by atoms with Gasteiger partial charge in [-0.25, -0.2) is 4.98 Å². The molecule has 0 bridgehead atoms. The number of hydrogen-bond acceptors (Lipinski definition) is 3. The predicted octanol–water partition coefficient (Wildman–Crippen LogP) is 2.24. The van der Waals surface area contributed by atoms with Crippen LogP contribution in [0.15, 0.2) is 22.9 Å². The maximum absolute atomic E-state index is 4.69. The molecule has 1 fully saturated rings. The lowest BCUT2D eigenvalue weighted by Crippen LogP contribution is -2.12. The van der Waals surface area contributed by atoms with Crippen molar-refractivity contribution >= 4 is 27.1 Å². The summed E-state index contributed by atoms with van der Waals surface area (Å²) in [7, 11) is 4.12. The van der Waals surface area contributed by atoms with Gasteiger partial charge in [0.05, 0.1) is 11.2 Å². The molecule has 3 heterocycles. The highest BCUT2D eigenvalue weighted by Gasteiger charge is 2.22. The molecular weight excluding hydrogens is 292 g/mol. The van der Waals surface area contributed by atoms with Crippen LogP contribution in [0.1, 0.15) is 18.2 Å². The number of pyridine rings is 1. The smallest absolute Gasteiger partial charge is 0.132 e. The average molecular weight is 309 g/mol. The van der Waals surface area contributed by atoms with Gasteiger partial charge >= 0.3 is 0 Å². The summed E-state index contributed by atoms with van der Waals surface area (Å²) >= 11 is 3.56. The Balaban J connectivity index is 2.15. The zero-order valence-corrected chi connectivity index (χ0v) is 12.2. The van der Waals surface area contributed by atoms with E-state index < -0.39 is 0 Å². The summed E-state index contributed by atoms with van der Waals surface area (Å²) < 4.78 is 3.16. The standard InChI is InChI=1S/C13H17BrN4/c1-17(2)10-3-4-11-12(14)16-13(18(11)8-10)9-5-6-15-7-9/h3-4,8-9,15H,5-7H2,1-2H3. The van der Waals surface area contributed by atoms with Gasteiger partial charge in [0.15, 0.2) is 0 Å². The van der Waals surface area contributed by atoms with Crippen molar-refractivity contribution in [1.82, 2.24) is 14.7 Å². The number of halogens is 1. The number of imidazole rings is 1. The van der Waals surface area contributed by atoms with Crippen LogP contribution in [-0.2, 0) is 0 Å². The second-order valence-corrected chi connectivity index (χ2v) is 5.74. The van der Waals surface area contributed by atoms with Gasteiger partial charge in [-0.1, -0.05) is 0 Å². The van der Waals surface area contributed by atoms with Gasteiger partial charge in [-0.05, 0) is 41.0 Å². The van der Waals surface area contributed by atoms with Crippen molar-refractivity contribution in [2.45, 2.75) is 12.3 Å². The highest BCUT2D eigenvalue weighted by atomic mass is 79.9. The second kappa shape index (κ2) is 4.55. The molecule has 3 rings (SSSR count). The van der Waals surface area contributed by atoms with E-state index in [2.05, 4.69) is 63.0 Å². The monoisotopic (exact) mass is 308 g/mol. The van der Waals surface area contributed by atoms with E-state index in [1.807, 2.05) is 0 Å². The Labute approximate surface area is 115 Å². The number of hydrogen-bond donors (Lipinski definition) is 1. The highest BCUT2D eigenvalue weighted by Crippen LogP contribution is 2.28. The quantitative estimate of drug-likeness (QED) is 0.923. The van der Waals surface area contributed by atoms with E-state index in [1.54, 1.807) is 0 Å². The van der Waals surface area contributed by atoms with Gasteiger partial charge in [-0.2, -0.15) is 0 Å². The lowest BCUT2D eigenvalue weighted by molar-refractivity contribution is 0.697. The van der Waals surface area contributed by atoms with Crippen LogP contribution in [0, 0.1) is 0 Å². The van der Waals surface area contributed by atoms with Gasteiger partial charge < -0.3 is 14.6 Å². The minimum Gasteiger partial charge on any atom is -0.376 e. The van der Waals surface area contributed by atoms with E-state index >= 15 is 0 Å². The summed E-state index contributed by atoms with van der Waals surface area (Å²) in [5, 5.41) is 3.40. The van der Waals surface area contributed by atoms with Crippen LogP contribution < -0.4 is 10.2 Å². The molecule has 5 heteroatoms. The summed E-state index contributed by atoms with van der Waals surface area (Å²) in [6.07, 6.45) is 3.33. The molecule has 1 aliphatic rings. The summed E-state index contributed by atoms with van der Waals surface area (Å²) in [6, 6.07) is 4.25. The van der Waals surface area contributed by atoms with Crippen molar-refractivity contribution < 1.29 is 0 Å². The molecule has 0 radical (unpaired) electrons. The van der Waals surface area contributed by atoms with Crippen LogP contribution in [-0.4, -0.2) is 36.6 Å². The molecule has 96 valence electrons. The van der Waals surface area contributed by atoms with E-state index in [4.69, 9.17) is 4.98 Å². The molecule has 0 spiro atoms. The van der Waals surface area contributed by atoms with Crippen molar-refractivity contribution in [3.05, 3.63) is 28.8 Å². The molecule has 2 aromatic rings. The van der Waals surface area contributed by atoms with Gasteiger partial charge in [-0.15, -0.1) is 0 Å². The molecule has 1 saturated heterocycles. The first kappa shape index (κ1) is 12.0. The molecule has 1 N–H and O–H groups in total. The third-order valence-electron chi connectivity index (χ3n) is 3.55. The first-order chi connectivity index (χ1) is 8.66. The Bertz CT molecular complexity index is 570. The third kappa shape index (κ3) is 1.91. The first-order valence-electron chi connectivity index (χ1n) is 6.22. The molecule has 2 aromatic heterocycles. The topological polar surface area (TPSA) is 32.6 Å². The fraction of sp³-hybridized carbons (Fsp3) is 0.462. The van der Waals surface area contributed by atoms with Gasteiger partial charge in [0, 0.05) is 32.8 Å². The van der Waals surface area contributed by atoms with Crippen LogP contribution in [0.2, 0.25) is 0 Å². The second-order valence-electron chi connectivity index (χ2n) is 4.99. The van der Waals surface area contributed by atoms with Crippen LogP contribution in [0.5, 0.6) is 0 Å². The van der Waals surface area contributed by atoms with E-state index in [9.17, 15) is 0 Å². The number of rotatable bonds is 2. The Morgan fingerprint density at radius 3 is 2.94 bits per heavy atom. The number of anilines is 1. The molecule has 1 aliphatic heterocycles. The van der Waals surface area contributed by atoms with Gasteiger partial charge in [0.2, 0.25) is 0 Å². The molecule has 0 amide bonds. The lowest BCUT2D eigenvalue weighted by atomic mass is 10.1. The summed E-state index contributed by atoms with van der Waals surface area (Å²) in [5.74, 6) is 1.67. The van der Waals surface area contributed by atoms with Gasteiger partial charge in [0.1, 0.15) is 10.4 Å². The summed E-state index contributed by atoms with van der Waals surface area (Å²) in [5.41, 5.74) is 2.34. The molecule has 0 aromatic carbocycles. The van der Waals surface area contributed by atoms with Crippen molar-refractivity contribution in [3.63, 3.8) is 0 Å². The zero-order chi connectivity index (χ0) is 12.7. The van der Waals surface area contributed by atoms with Crippen molar-refractivity contribution in [2.24, 2.45) is 0 Å². The Kier molecular flexibility index (Phi) is 3.03. The number of fused-ring (bicyclic) bond motifs is 1. The Hall–Kier alpha value is -1.07. The normalized spacial score (nSPS) is 19.6. The predicted molar refractivity (Wildman–Crippen MR) is 77.4 cm³/mol. The fourth-order valence-electron chi connectivity index (χ4n) is 2.49. The van der Waals surface area contributed by atoms with E-state index in [1.165, 1.54) is 5.69 Å². The highest BCUT2D eigenvalue weighted by molar-refractivity contribution is 9.10. The SMILES string of the molecule is CN(C)c1ccc2c(Br)nc(C3CCNC3)n2c1. The molecule has 0 aliphatic carbocycles. The van der Waals surface area contributed by atoms with E-state index in [0.717, 1.165) is 35.5 Å². The zero-order valence-electron chi connectivity index (χ0n) is 10.7. The third-order valence-corrected chi connectivity index (χ3v) is 4.13. The molecular formula is C13H17BrN4. The van der Waals surface area contributed by atoms with Crippen LogP contribution >= 0.6 is 15.9 Å². The van der Waals surface area contributed by atoms with Crippen LogP contribution in [0.25, 0.3) is 5.52 Å². The van der Waals surface area contributed by atoms with E-state index in [-0.39, 0.29) is 0 Å². The Morgan fingerprint density at radius 2 is 2.28 bits per heavy atom. The molecule has 1 unspecified atom stereocenters. The maximum Gasteiger partial charge on any atom is 0.132 e. The summed E-state index contributed by atoms with van der Waals surface area (Å²) in [4.78, 5) is 6.81. The lowest BCUT2D eigenvalue weighted by Gasteiger charge is -2.14. The van der Waals surface area contributed by atoms with Gasteiger partial charge in [0.25, 0.3) is 0 Å². The molecule has 4 nitrogen and oxygen atoms in total. The van der Waals surface area contributed by atoms with Crippen molar-refractivity contribution in [3.8, 4) is 0 Å². The average Bonchev–Trinajstić information content (AvgIpc) is 2.97. The minimum absolute atomic E-state index is 0.515. The number of nitrogens with zero attached hydrogens (tertiary/aromatic N) is 3. The van der Waals surface area contributed by atoms with Crippen LogP contribution in [0.3, 0.4) is 0 Å². The van der Waals surface area contributed by atoms with E-state index in [0.29, 0.717) is 5.92 Å². The van der Waals surface area contributed by atoms with Crippen molar-refractivity contribution in [2.75, 3.05) is 32.1 Å². The minimum atomic E-state index is 0.515. The fourth-order valence-corrected chi connectivity index (χ4v) is 2.99.